The molecule has 0 saturated heterocycles. The van der Waals surface area contributed by atoms with Gasteiger partial charge in [0, 0.05) is 22.4 Å². The second kappa shape index (κ2) is 8.36. The number of rotatable bonds is 6. The molecular weight excluding hydrogens is 449 g/mol. The molecule has 2 aromatic carbocycles. The minimum absolute atomic E-state index is 0.108. The Morgan fingerprint density at radius 3 is 2.62 bits per heavy atom. The largest absolute Gasteiger partial charge is 0.397 e. The van der Waals surface area contributed by atoms with E-state index in [1.54, 1.807) is 23.5 Å². The normalized spacial score (nSPS) is 14.4. The van der Waals surface area contributed by atoms with E-state index in [9.17, 15) is 9.18 Å². The van der Waals surface area contributed by atoms with Crippen molar-refractivity contribution in [1.29, 1.82) is 0 Å². The van der Waals surface area contributed by atoms with Crippen molar-refractivity contribution >= 4 is 28.6 Å². The van der Waals surface area contributed by atoms with Crippen LogP contribution < -0.4 is 11.1 Å². The third-order valence-electron chi connectivity index (χ3n) is 6.39. The minimum atomic E-state index is -0.454. The van der Waals surface area contributed by atoms with Gasteiger partial charge in [0.1, 0.15) is 16.6 Å². The number of aromatic nitrogens is 3. The lowest BCUT2D eigenvalue weighted by atomic mass is 9.95. The van der Waals surface area contributed by atoms with Gasteiger partial charge >= 0.3 is 0 Å². The maximum atomic E-state index is 13.5. The van der Waals surface area contributed by atoms with E-state index in [2.05, 4.69) is 34.1 Å². The number of aryl methyl sites for hydroxylation is 1. The molecule has 4 aromatic rings. The fourth-order valence-electron chi connectivity index (χ4n) is 4.43. The lowest BCUT2D eigenvalue weighted by Crippen LogP contribution is -2.14. The smallest absolute Gasteiger partial charge is 0.255 e. The number of nitrogens with zero attached hydrogens (tertiary/aromatic N) is 3. The van der Waals surface area contributed by atoms with E-state index in [-0.39, 0.29) is 17.0 Å². The molecule has 8 heteroatoms. The Morgan fingerprint density at radius 2 is 1.94 bits per heavy atom. The number of imidazole rings is 1. The van der Waals surface area contributed by atoms with Crippen LogP contribution in [0.3, 0.4) is 0 Å². The van der Waals surface area contributed by atoms with Crippen LogP contribution >= 0.6 is 11.3 Å². The molecule has 5 rings (SSSR count). The summed E-state index contributed by atoms with van der Waals surface area (Å²) >= 11 is 1.67. The molecule has 0 atom stereocenters. The number of hydrogen-bond donors (Lipinski definition) is 2. The fraction of sp³-hybridized carbons (Fsp3) is 0.269. The molecule has 6 nitrogen and oxygen atoms in total. The first kappa shape index (κ1) is 22.3. The van der Waals surface area contributed by atoms with Crippen LogP contribution in [0.2, 0.25) is 0 Å². The van der Waals surface area contributed by atoms with Gasteiger partial charge in [-0.1, -0.05) is 12.1 Å². The Bertz CT molecular complexity index is 1370. The molecule has 2 aromatic heterocycles. The van der Waals surface area contributed by atoms with Gasteiger partial charge in [0.2, 0.25) is 0 Å². The summed E-state index contributed by atoms with van der Waals surface area (Å²) in [6, 6.07) is 11.8. The van der Waals surface area contributed by atoms with Crippen LogP contribution in [0.25, 0.3) is 11.4 Å². The molecule has 1 fully saturated rings. The number of amides is 1. The predicted octanol–water partition coefficient (Wildman–Crippen LogP) is 5.95. The standard InChI is InChI=1S/C26H26FN5OS/c1-15(2)32-16(3)29-13-23(32)22-14-34-25(31-22)26(10-11-26)18-6-4-17(5-7-18)24(33)30-21-12-19(27)8-9-20(21)28/h4-9,12-15H,10-11,28H2,1-3H3,(H,30,33). The highest BCUT2D eigenvalue weighted by Crippen LogP contribution is 2.54. The summed E-state index contributed by atoms with van der Waals surface area (Å²) in [5, 5.41) is 5.88. The third kappa shape index (κ3) is 3.88. The summed E-state index contributed by atoms with van der Waals surface area (Å²) in [6.45, 7) is 6.31. The molecule has 2 heterocycles. The van der Waals surface area contributed by atoms with Gasteiger partial charge in [-0.25, -0.2) is 14.4 Å². The lowest BCUT2D eigenvalue weighted by molar-refractivity contribution is 0.102. The van der Waals surface area contributed by atoms with Crippen molar-refractivity contribution in [1.82, 2.24) is 14.5 Å². The number of thiazole rings is 1. The van der Waals surface area contributed by atoms with Crippen molar-refractivity contribution in [2.24, 2.45) is 0 Å². The number of hydrogen-bond acceptors (Lipinski definition) is 5. The van der Waals surface area contributed by atoms with Crippen LogP contribution in [0.5, 0.6) is 0 Å². The molecule has 1 amide bonds. The zero-order valence-corrected chi connectivity index (χ0v) is 20.1. The fourth-order valence-corrected chi connectivity index (χ4v) is 5.52. The maximum absolute atomic E-state index is 13.5. The molecule has 0 spiro atoms. The molecule has 0 radical (unpaired) electrons. The molecule has 1 aliphatic rings. The highest BCUT2D eigenvalue weighted by molar-refractivity contribution is 7.10. The van der Waals surface area contributed by atoms with Crippen molar-refractivity contribution in [2.75, 3.05) is 11.1 Å². The number of nitrogens with two attached hydrogens (primary N) is 1. The second-order valence-corrected chi connectivity index (χ2v) is 9.90. The second-order valence-electron chi connectivity index (χ2n) is 9.04. The Morgan fingerprint density at radius 1 is 1.21 bits per heavy atom. The summed E-state index contributed by atoms with van der Waals surface area (Å²) < 4.78 is 15.7. The van der Waals surface area contributed by atoms with E-state index >= 15 is 0 Å². The average Bonchev–Trinajstić information content (AvgIpc) is 3.29. The maximum Gasteiger partial charge on any atom is 0.255 e. The number of halogens is 1. The van der Waals surface area contributed by atoms with E-state index in [1.165, 1.54) is 18.2 Å². The molecule has 3 N–H and O–H groups in total. The van der Waals surface area contributed by atoms with Crippen LogP contribution in [0.4, 0.5) is 15.8 Å². The molecule has 34 heavy (non-hydrogen) atoms. The zero-order chi connectivity index (χ0) is 24.0. The van der Waals surface area contributed by atoms with Gasteiger partial charge in [0.05, 0.1) is 29.0 Å². The molecule has 0 unspecified atom stereocenters. The number of carbonyl (C=O) groups excluding carboxylic acids is 1. The number of carbonyl (C=O) groups is 1. The average molecular weight is 476 g/mol. The predicted molar refractivity (Wildman–Crippen MR) is 134 cm³/mol. The van der Waals surface area contributed by atoms with Crippen molar-refractivity contribution in [3.05, 3.63) is 81.8 Å². The van der Waals surface area contributed by atoms with Crippen LogP contribution in [-0.4, -0.2) is 20.4 Å². The Labute approximate surface area is 201 Å². The summed E-state index contributed by atoms with van der Waals surface area (Å²) in [6.07, 6.45) is 3.94. The lowest BCUT2D eigenvalue weighted by Gasteiger charge is -2.14. The highest BCUT2D eigenvalue weighted by Gasteiger charge is 2.48. The summed E-state index contributed by atoms with van der Waals surface area (Å²) in [4.78, 5) is 22.2. The van der Waals surface area contributed by atoms with Crippen LogP contribution in [0.1, 0.15) is 59.5 Å². The van der Waals surface area contributed by atoms with Crippen LogP contribution in [0.15, 0.2) is 54.0 Å². The summed E-state index contributed by atoms with van der Waals surface area (Å²) in [5.41, 5.74) is 9.93. The monoisotopic (exact) mass is 475 g/mol. The molecule has 1 aliphatic carbocycles. The molecule has 1 saturated carbocycles. The molecule has 174 valence electrons. The van der Waals surface area contributed by atoms with E-state index in [0.717, 1.165) is 40.6 Å². The van der Waals surface area contributed by atoms with Gasteiger partial charge < -0.3 is 15.6 Å². The van der Waals surface area contributed by atoms with E-state index < -0.39 is 5.82 Å². The third-order valence-corrected chi connectivity index (χ3v) is 7.43. The van der Waals surface area contributed by atoms with Gasteiger partial charge in [0.25, 0.3) is 5.91 Å². The van der Waals surface area contributed by atoms with Gasteiger partial charge in [-0.15, -0.1) is 11.3 Å². The minimum Gasteiger partial charge on any atom is -0.397 e. The van der Waals surface area contributed by atoms with Crippen molar-refractivity contribution < 1.29 is 9.18 Å². The topological polar surface area (TPSA) is 85.8 Å². The molecule has 0 bridgehead atoms. The summed E-state index contributed by atoms with van der Waals surface area (Å²) in [7, 11) is 0. The van der Waals surface area contributed by atoms with Crippen molar-refractivity contribution in [3.8, 4) is 11.4 Å². The first-order valence-electron chi connectivity index (χ1n) is 11.3. The Hall–Kier alpha value is -3.52. The summed E-state index contributed by atoms with van der Waals surface area (Å²) in [5.74, 6) is 0.196. The van der Waals surface area contributed by atoms with Crippen molar-refractivity contribution in [3.63, 3.8) is 0 Å². The zero-order valence-electron chi connectivity index (χ0n) is 19.3. The van der Waals surface area contributed by atoms with E-state index in [1.807, 2.05) is 25.3 Å². The van der Waals surface area contributed by atoms with Crippen molar-refractivity contribution in [2.45, 2.75) is 45.1 Å². The van der Waals surface area contributed by atoms with E-state index in [4.69, 9.17) is 10.7 Å². The quantitative estimate of drug-likeness (QED) is 0.338. The molecule has 0 aliphatic heterocycles. The van der Waals surface area contributed by atoms with Crippen LogP contribution in [0, 0.1) is 12.7 Å². The van der Waals surface area contributed by atoms with Gasteiger partial charge in [-0.3, -0.25) is 4.79 Å². The van der Waals surface area contributed by atoms with Crippen LogP contribution in [-0.2, 0) is 5.41 Å². The highest BCUT2D eigenvalue weighted by atomic mass is 32.1. The van der Waals surface area contributed by atoms with Gasteiger partial charge in [0.15, 0.2) is 0 Å². The Kier molecular flexibility index (Phi) is 5.48. The number of nitrogens with one attached hydrogen (secondary N) is 1. The first-order chi connectivity index (χ1) is 16.3. The van der Waals surface area contributed by atoms with Gasteiger partial charge in [-0.2, -0.15) is 0 Å². The Balaban J connectivity index is 1.37. The number of benzene rings is 2. The molecular formula is C26H26FN5OS. The number of anilines is 2. The van der Waals surface area contributed by atoms with E-state index in [0.29, 0.717) is 17.3 Å². The first-order valence-corrected chi connectivity index (χ1v) is 12.1. The SMILES string of the molecule is Cc1ncc(-c2csc(C3(c4ccc(C(=O)Nc5cc(F)ccc5N)cc4)CC3)n2)n1C(C)C. The van der Waals surface area contributed by atoms with Gasteiger partial charge in [-0.05, 0) is 69.5 Å². The number of nitrogen functional groups attached to an aromatic ring is 1.